The van der Waals surface area contributed by atoms with Crippen molar-refractivity contribution in [3.8, 4) is 0 Å². The Bertz CT molecular complexity index is 1070. The summed E-state index contributed by atoms with van der Waals surface area (Å²) in [5, 5.41) is 12.6. The highest BCUT2D eigenvalue weighted by atomic mass is 35.5. The van der Waals surface area contributed by atoms with Gasteiger partial charge in [0.1, 0.15) is 0 Å². The van der Waals surface area contributed by atoms with Crippen LogP contribution in [-0.2, 0) is 0 Å². The molecule has 0 fully saturated rings. The number of carbonyl (C=O) groups excluding carboxylic acids is 1. The van der Waals surface area contributed by atoms with E-state index in [0.717, 1.165) is 35.5 Å². The number of hydrogen-bond acceptors (Lipinski definition) is 3. The van der Waals surface area contributed by atoms with Gasteiger partial charge in [-0.25, -0.2) is 0 Å². The molecule has 4 aliphatic rings. The zero-order valence-electron chi connectivity index (χ0n) is 15.9. The Hall–Kier alpha value is -2.52. The summed E-state index contributed by atoms with van der Waals surface area (Å²) in [6.07, 6.45) is 11.0. The molecule has 0 unspecified atom stereocenters. The number of rotatable bonds is 2. The molecule has 4 heteroatoms. The molecule has 0 saturated heterocycles. The summed E-state index contributed by atoms with van der Waals surface area (Å²) in [4.78, 5) is 14.3. The summed E-state index contributed by atoms with van der Waals surface area (Å²) in [6, 6.07) is 12.1. The van der Waals surface area contributed by atoms with E-state index in [1.54, 1.807) is 0 Å². The quantitative estimate of drug-likeness (QED) is 0.689. The third-order valence-corrected chi connectivity index (χ3v) is 7.65. The second kappa shape index (κ2) is 6.24. The summed E-state index contributed by atoms with van der Waals surface area (Å²) in [5.41, 5.74) is 4.98. The monoisotopic (exact) mass is 402 g/mol. The second-order valence-corrected chi connectivity index (χ2v) is 9.12. The van der Waals surface area contributed by atoms with Crippen molar-refractivity contribution in [2.45, 2.75) is 30.7 Å². The first-order chi connectivity index (χ1) is 14.1. The van der Waals surface area contributed by atoms with Gasteiger partial charge in [-0.2, -0.15) is 0 Å². The number of carboxylic acids is 1. The molecule has 0 N–H and O–H groups in total. The minimum absolute atomic E-state index is 0.199. The van der Waals surface area contributed by atoms with E-state index in [2.05, 4.69) is 41.3 Å². The van der Waals surface area contributed by atoms with Crippen molar-refractivity contribution in [3.05, 3.63) is 88.0 Å². The smallest absolute Gasteiger partial charge is 0.0715 e. The SMILES string of the molecule is O=C([O-])c1cc2c3c(c1)[C@H]1C=CC[C@@H]1[C@H](c1ccccc1Cl)N3C[C@H]1CC=C[C@H]21. The van der Waals surface area contributed by atoms with Crippen LogP contribution in [-0.4, -0.2) is 12.5 Å². The minimum Gasteiger partial charge on any atom is -0.545 e. The third-order valence-electron chi connectivity index (χ3n) is 7.31. The zero-order chi connectivity index (χ0) is 19.7. The van der Waals surface area contributed by atoms with E-state index in [1.165, 1.54) is 11.3 Å². The summed E-state index contributed by atoms with van der Waals surface area (Å²) in [6.45, 7) is 0.974. The van der Waals surface area contributed by atoms with E-state index in [0.29, 0.717) is 17.4 Å². The number of allylic oxidation sites excluding steroid dienone is 4. The fraction of sp³-hybridized carbons (Fsp3) is 0.320. The summed E-state index contributed by atoms with van der Waals surface area (Å²) < 4.78 is 0. The molecular formula is C25H21ClNO2-. The van der Waals surface area contributed by atoms with Gasteiger partial charge < -0.3 is 14.8 Å². The van der Waals surface area contributed by atoms with Crippen LogP contribution in [0.2, 0.25) is 5.02 Å². The van der Waals surface area contributed by atoms with Crippen LogP contribution in [0.15, 0.2) is 60.7 Å². The van der Waals surface area contributed by atoms with Crippen LogP contribution in [0.1, 0.15) is 57.8 Å². The lowest BCUT2D eigenvalue weighted by molar-refractivity contribution is -0.255. The highest BCUT2D eigenvalue weighted by Gasteiger charge is 2.48. The lowest BCUT2D eigenvalue weighted by atomic mass is 9.70. The normalized spacial score (nSPS) is 30.8. The van der Waals surface area contributed by atoms with Crippen LogP contribution in [0, 0.1) is 11.8 Å². The van der Waals surface area contributed by atoms with Gasteiger partial charge in [-0.15, -0.1) is 0 Å². The topological polar surface area (TPSA) is 43.4 Å². The van der Waals surface area contributed by atoms with Gasteiger partial charge >= 0.3 is 0 Å². The van der Waals surface area contributed by atoms with Crippen LogP contribution in [0.25, 0.3) is 0 Å². The van der Waals surface area contributed by atoms with Crippen molar-refractivity contribution in [3.63, 3.8) is 0 Å². The average Bonchev–Trinajstić information content (AvgIpc) is 3.38. The molecule has 2 aliphatic heterocycles. The second-order valence-electron chi connectivity index (χ2n) is 8.71. The predicted molar refractivity (Wildman–Crippen MR) is 112 cm³/mol. The number of nitrogens with zero attached hydrogens (tertiary/aromatic N) is 1. The maximum atomic E-state index is 11.8. The number of carbonyl (C=O) groups is 1. The number of halogens is 1. The molecule has 2 aromatic rings. The van der Waals surface area contributed by atoms with Crippen molar-refractivity contribution in [2.75, 3.05) is 11.4 Å². The standard InChI is InChI=1S/C25H22ClNO2/c26-22-10-2-1-6-19(22)23-18-9-4-8-17(18)21-12-15(25(28)29)11-20-16-7-3-5-14(16)13-27(23)24(20)21/h1-4,6-8,10-12,14,16-18,23H,5,9,13H2,(H,28,29)/p-1/t14-,16+,17+,18+,23-/m1/s1. The van der Waals surface area contributed by atoms with Crippen LogP contribution >= 0.6 is 11.6 Å². The summed E-state index contributed by atoms with van der Waals surface area (Å²) in [7, 11) is 0. The van der Waals surface area contributed by atoms with Crippen LogP contribution in [0.5, 0.6) is 0 Å². The van der Waals surface area contributed by atoms with Gasteiger partial charge in [-0.1, -0.05) is 54.1 Å². The number of fused-ring (bicyclic) bond motifs is 4. The Morgan fingerprint density at radius 1 is 1.00 bits per heavy atom. The van der Waals surface area contributed by atoms with Gasteiger partial charge in [0, 0.05) is 29.1 Å². The molecule has 29 heavy (non-hydrogen) atoms. The number of aromatic carboxylic acids is 1. The molecule has 0 spiro atoms. The molecule has 0 amide bonds. The first-order valence-corrected chi connectivity index (χ1v) is 10.7. The number of carboxylic acid groups (broad SMARTS) is 1. The van der Waals surface area contributed by atoms with E-state index in [1.807, 2.05) is 24.3 Å². The van der Waals surface area contributed by atoms with Gasteiger partial charge in [0.15, 0.2) is 0 Å². The van der Waals surface area contributed by atoms with Gasteiger partial charge in [0.2, 0.25) is 0 Å². The van der Waals surface area contributed by atoms with Gasteiger partial charge in [-0.05, 0) is 65.1 Å². The molecule has 5 atom stereocenters. The molecule has 146 valence electrons. The van der Waals surface area contributed by atoms with Crippen molar-refractivity contribution in [1.29, 1.82) is 0 Å². The van der Waals surface area contributed by atoms with E-state index in [-0.39, 0.29) is 17.9 Å². The molecule has 0 bridgehead atoms. The number of hydrogen-bond donors (Lipinski definition) is 0. The Labute approximate surface area is 175 Å². The van der Waals surface area contributed by atoms with E-state index < -0.39 is 5.97 Å². The largest absolute Gasteiger partial charge is 0.545 e. The zero-order valence-corrected chi connectivity index (χ0v) is 16.7. The molecule has 0 radical (unpaired) electrons. The summed E-state index contributed by atoms with van der Waals surface area (Å²) >= 11 is 6.69. The van der Waals surface area contributed by atoms with Gasteiger partial charge in [-0.3, -0.25) is 0 Å². The molecule has 0 saturated carbocycles. The highest BCUT2D eigenvalue weighted by molar-refractivity contribution is 6.31. The van der Waals surface area contributed by atoms with Gasteiger partial charge in [0.05, 0.1) is 12.0 Å². The fourth-order valence-electron chi connectivity index (χ4n) is 6.16. The van der Waals surface area contributed by atoms with Crippen LogP contribution in [0.4, 0.5) is 5.69 Å². The average molecular weight is 403 g/mol. The highest BCUT2D eigenvalue weighted by Crippen LogP contribution is 2.59. The Balaban J connectivity index is 1.62. The summed E-state index contributed by atoms with van der Waals surface area (Å²) in [5.74, 6) is 0.239. The lowest BCUT2D eigenvalue weighted by Gasteiger charge is -2.51. The fourth-order valence-corrected chi connectivity index (χ4v) is 6.41. The van der Waals surface area contributed by atoms with Crippen molar-refractivity contribution in [2.24, 2.45) is 11.8 Å². The first kappa shape index (κ1) is 17.3. The third kappa shape index (κ3) is 2.40. The van der Waals surface area contributed by atoms with Crippen molar-refractivity contribution < 1.29 is 9.90 Å². The van der Waals surface area contributed by atoms with Crippen LogP contribution < -0.4 is 10.0 Å². The van der Waals surface area contributed by atoms with Gasteiger partial charge in [0.25, 0.3) is 0 Å². The molecule has 0 aromatic heterocycles. The molecule has 2 aliphatic carbocycles. The van der Waals surface area contributed by atoms with Crippen molar-refractivity contribution >= 4 is 23.3 Å². The Kier molecular flexibility index (Phi) is 3.73. The van der Waals surface area contributed by atoms with Crippen molar-refractivity contribution in [1.82, 2.24) is 0 Å². The van der Waals surface area contributed by atoms with E-state index in [4.69, 9.17) is 11.6 Å². The lowest BCUT2D eigenvalue weighted by Crippen LogP contribution is -2.46. The number of anilines is 1. The van der Waals surface area contributed by atoms with Crippen LogP contribution in [0.3, 0.4) is 0 Å². The Morgan fingerprint density at radius 3 is 2.52 bits per heavy atom. The Morgan fingerprint density at radius 2 is 1.72 bits per heavy atom. The maximum Gasteiger partial charge on any atom is 0.0715 e. The molecule has 2 heterocycles. The van der Waals surface area contributed by atoms with E-state index >= 15 is 0 Å². The molecule has 6 rings (SSSR count). The molecular weight excluding hydrogens is 382 g/mol. The predicted octanol–water partition coefficient (Wildman–Crippen LogP) is 4.60. The molecule has 3 nitrogen and oxygen atoms in total. The van der Waals surface area contributed by atoms with E-state index in [9.17, 15) is 9.90 Å². The minimum atomic E-state index is -1.09. The number of benzene rings is 2. The maximum absolute atomic E-state index is 11.8. The molecule has 2 aromatic carbocycles. The first-order valence-electron chi connectivity index (χ1n) is 10.4.